The Labute approximate surface area is 165 Å². The van der Waals surface area contributed by atoms with Crippen molar-refractivity contribution in [1.82, 2.24) is 24.8 Å². The van der Waals surface area contributed by atoms with Crippen LogP contribution in [0.1, 0.15) is 24.0 Å². The lowest BCUT2D eigenvalue weighted by Crippen LogP contribution is -2.38. The van der Waals surface area contributed by atoms with Crippen LogP contribution in [-0.2, 0) is 6.54 Å². The molecule has 0 unspecified atom stereocenters. The maximum Gasteiger partial charge on any atom is 0.230 e. The Morgan fingerprint density at radius 1 is 1.04 bits per heavy atom. The molecule has 1 aliphatic rings. The van der Waals surface area contributed by atoms with Crippen molar-refractivity contribution in [3.63, 3.8) is 0 Å². The quantitative estimate of drug-likeness (QED) is 0.683. The minimum absolute atomic E-state index is 0.421. The fourth-order valence-corrected chi connectivity index (χ4v) is 3.40. The van der Waals surface area contributed by atoms with E-state index in [1.165, 1.54) is 5.56 Å². The molecule has 0 bridgehead atoms. The van der Waals surface area contributed by atoms with Gasteiger partial charge in [0.05, 0.1) is 6.20 Å². The third-order valence-electron chi connectivity index (χ3n) is 4.95. The molecule has 0 radical (unpaired) electrons. The average molecular weight is 375 g/mol. The highest BCUT2D eigenvalue weighted by Crippen LogP contribution is 2.20. The molecular weight excluding hydrogens is 350 g/mol. The average Bonchev–Trinajstić information content (AvgIpc) is 2.73. The zero-order chi connectivity index (χ0) is 19.2. The van der Waals surface area contributed by atoms with Gasteiger partial charge in [0, 0.05) is 49.8 Å². The summed E-state index contributed by atoms with van der Waals surface area (Å²) in [6.07, 6.45) is 8.96. The van der Waals surface area contributed by atoms with E-state index in [1.54, 1.807) is 18.6 Å². The fraction of sp³-hybridized carbons (Fsp3) is 0.333. The molecule has 1 aromatic carbocycles. The molecule has 0 amide bonds. The van der Waals surface area contributed by atoms with E-state index in [0.29, 0.717) is 17.8 Å². The van der Waals surface area contributed by atoms with Crippen LogP contribution in [0.15, 0.2) is 55.1 Å². The van der Waals surface area contributed by atoms with Crippen LogP contribution in [0.25, 0.3) is 0 Å². The van der Waals surface area contributed by atoms with Crippen molar-refractivity contribution in [1.29, 1.82) is 0 Å². The van der Waals surface area contributed by atoms with Crippen molar-refractivity contribution in [2.45, 2.75) is 32.4 Å². The van der Waals surface area contributed by atoms with Crippen LogP contribution in [0.4, 0.5) is 17.6 Å². The van der Waals surface area contributed by atoms with Gasteiger partial charge in [-0.05, 0) is 25.3 Å². The van der Waals surface area contributed by atoms with Gasteiger partial charge in [0.25, 0.3) is 0 Å². The molecular formula is C21H25N7. The zero-order valence-electron chi connectivity index (χ0n) is 16.0. The van der Waals surface area contributed by atoms with Crippen molar-refractivity contribution in [2.24, 2.45) is 0 Å². The number of rotatable bonds is 6. The molecule has 4 rings (SSSR count). The van der Waals surface area contributed by atoms with E-state index in [9.17, 15) is 0 Å². The second kappa shape index (κ2) is 8.75. The Balaban J connectivity index is 1.34. The fourth-order valence-electron chi connectivity index (χ4n) is 3.40. The molecule has 0 aliphatic carbocycles. The Kier molecular flexibility index (Phi) is 5.72. The van der Waals surface area contributed by atoms with Gasteiger partial charge < -0.3 is 10.6 Å². The normalized spacial score (nSPS) is 15.3. The van der Waals surface area contributed by atoms with Gasteiger partial charge in [-0.3, -0.25) is 9.88 Å². The number of benzene rings is 1. The summed E-state index contributed by atoms with van der Waals surface area (Å²) < 4.78 is 0. The number of hydrogen-bond donors (Lipinski definition) is 2. The zero-order valence-corrected chi connectivity index (χ0v) is 16.0. The third-order valence-corrected chi connectivity index (χ3v) is 4.95. The Hall–Kier alpha value is -3.06. The van der Waals surface area contributed by atoms with Crippen LogP contribution in [-0.4, -0.2) is 44.0 Å². The number of hydrogen-bond acceptors (Lipinski definition) is 7. The molecule has 1 saturated heterocycles. The minimum atomic E-state index is 0.421. The number of nitrogens with zero attached hydrogens (tertiary/aromatic N) is 5. The van der Waals surface area contributed by atoms with E-state index >= 15 is 0 Å². The van der Waals surface area contributed by atoms with Gasteiger partial charge in [-0.1, -0.05) is 30.3 Å². The van der Waals surface area contributed by atoms with Crippen LogP contribution in [0, 0.1) is 6.92 Å². The molecule has 3 heterocycles. The van der Waals surface area contributed by atoms with Crippen LogP contribution in [0.2, 0.25) is 0 Å². The van der Waals surface area contributed by atoms with Gasteiger partial charge in [0.15, 0.2) is 5.82 Å². The molecule has 0 saturated carbocycles. The lowest BCUT2D eigenvalue weighted by molar-refractivity contribution is 0.211. The van der Waals surface area contributed by atoms with Gasteiger partial charge >= 0.3 is 0 Å². The van der Waals surface area contributed by atoms with Crippen LogP contribution in [0.5, 0.6) is 0 Å². The molecule has 7 heteroatoms. The largest absolute Gasteiger partial charge is 0.367 e. The molecule has 0 spiro atoms. The Morgan fingerprint density at radius 2 is 1.86 bits per heavy atom. The molecule has 7 nitrogen and oxygen atoms in total. The standard InChI is InChI=1S/C21H25N7/c1-16-13-24-21(26-19-14-22-9-10-23-19)27-20(16)25-18-7-11-28(12-8-18)15-17-5-3-2-4-6-17/h2-6,9-10,13-14,18H,7-8,11-12,15H2,1H3,(H2,23,24,25,26,27). The molecule has 3 aromatic rings. The molecule has 28 heavy (non-hydrogen) atoms. The first kappa shape index (κ1) is 18.3. The van der Waals surface area contributed by atoms with E-state index in [-0.39, 0.29) is 0 Å². The van der Waals surface area contributed by atoms with Crippen molar-refractivity contribution in [2.75, 3.05) is 23.7 Å². The van der Waals surface area contributed by atoms with E-state index in [4.69, 9.17) is 0 Å². The van der Waals surface area contributed by atoms with E-state index in [1.807, 2.05) is 13.1 Å². The van der Waals surface area contributed by atoms with Crippen LogP contribution in [0.3, 0.4) is 0 Å². The van der Waals surface area contributed by atoms with Gasteiger partial charge in [-0.15, -0.1) is 0 Å². The number of nitrogens with one attached hydrogen (secondary N) is 2. The second-order valence-electron chi connectivity index (χ2n) is 7.12. The number of aromatic nitrogens is 4. The molecule has 2 N–H and O–H groups in total. The van der Waals surface area contributed by atoms with Crippen molar-refractivity contribution >= 4 is 17.6 Å². The van der Waals surface area contributed by atoms with Gasteiger partial charge in [-0.25, -0.2) is 9.97 Å². The number of aryl methyl sites for hydroxylation is 1. The highest BCUT2D eigenvalue weighted by atomic mass is 15.2. The summed E-state index contributed by atoms with van der Waals surface area (Å²) in [7, 11) is 0. The topological polar surface area (TPSA) is 78.9 Å². The first-order valence-corrected chi connectivity index (χ1v) is 9.66. The van der Waals surface area contributed by atoms with Crippen LogP contribution < -0.4 is 10.6 Å². The minimum Gasteiger partial charge on any atom is -0.367 e. The summed E-state index contributed by atoms with van der Waals surface area (Å²) in [5.41, 5.74) is 2.41. The molecule has 1 aliphatic heterocycles. The summed E-state index contributed by atoms with van der Waals surface area (Å²) in [4.78, 5) is 19.8. The Morgan fingerprint density at radius 3 is 2.61 bits per heavy atom. The van der Waals surface area contributed by atoms with E-state index < -0.39 is 0 Å². The van der Waals surface area contributed by atoms with Crippen molar-refractivity contribution < 1.29 is 0 Å². The summed E-state index contributed by atoms with van der Waals surface area (Å²) in [6, 6.07) is 11.1. The second-order valence-corrected chi connectivity index (χ2v) is 7.12. The highest BCUT2D eigenvalue weighted by molar-refractivity contribution is 5.52. The first-order valence-electron chi connectivity index (χ1n) is 9.66. The SMILES string of the molecule is Cc1cnc(Nc2cnccn2)nc1NC1CCN(Cc2ccccc2)CC1. The Bertz CT molecular complexity index is 878. The summed E-state index contributed by atoms with van der Waals surface area (Å²) >= 11 is 0. The lowest BCUT2D eigenvalue weighted by Gasteiger charge is -2.32. The summed E-state index contributed by atoms with van der Waals surface area (Å²) in [5, 5.41) is 6.70. The van der Waals surface area contributed by atoms with Gasteiger partial charge in [0.1, 0.15) is 5.82 Å². The molecule has 0 atom stereocenters. The molecule has 1 fully saturated rings. The number of anilines is 3. The monoisotopic (exact) mass is 375 g/mol. The number of likely N-dealkylation sites (tertiary alicyclic amines) is 1. The van der Waals surface area contributed by atoms with E-state index in [0.717, 1.165) is 43.9 Å². The highest BCUT2D eigenvalue weighted by Gasteiger charge is 2.20. The molecule has 144 valence electrons. The van der Waals surface area contributed by atoms with Crippen molar-refractivity contribution in [3.8, 4) is 0 Å². The maximum atomic E-state index is 4.63. The van der Waals surface area contributed by atoms with Gasteiger partial charge in [-0.2, -0.15) is 4.98 Å². The van der Waals surface area contributed by atoms with Crippen molar-refractivity contribution in [3.05, 3.63) is 66.2 Å². The van der Waals surface area contributed by atoms with Crippen LogP contribution >= 0.6 is 0 Å². The smallest absolute Gasteiger partial charge is 0.230 e. The number of piperidine rings is 1. The predicted octanol–water partition coefficient (Wildman–Crippen LogP) is 3.40. The van der Waals surface area contributed by atoms with E-state index in [2.05, 4.69) is 65.8 Å². The lowest BCUT2D eigenvalue weighted by atomic mass is 10.0. The summed E-state index contributed by atoms with van der Waals surface area (Å²) in [6.45, 7) is 5.22. The predicted molar refractivity (Wildman–Crippen MR) is 110 cm³/mol. The first-order chi connectivity index (χ1) is 13.8. The summed E-state index contributed by atoms with van der Waals surface area (Å²) in [5.74, 6) is 2.03. The third kappa shape index (κ3) is 4.80. The maximum absolute atomic E-state index is 4.63. The van der Waals surface area contributed by atoms with Gasteiger partial charge in [0.2, 0.25) is 5.95 Å². The molecule has 2 aromatic heterocycles.